The van der Waals surface area contributed by atoms with Gasteiger partial charge >= 0.3 is 0 Å². The predicted octanol–water partition coefficient (Wildman–Crippen LogP) is 4.04. The lowest BCUT2D eigenvalue weighted by molar-refractivity contribution is 0.601. The molecule has 2 aromatic carbocycles. The van der Waals surface area contributed by atoms with Crippen LogP contribution in [0.3, 0.4) is 0 Å². The first-order valence-corrected chi connectivity index (χ1v) is 10.3. The van der Waals surface area contributed by atoms with E-state index in [1.807, 2.05) is 18.3 Å². The molecule has 4 aromatic rings. The molecule has 0 radical (unpaired) electrons. The maximum Gasteiger partial charge on any atom is 0.263 e. The van der Waals surface area contributed by atoms with Gasteiger partial charge in [0.15, 0.2) is 5.13 Å². The first-order chi connectivity index (χ1) is 12.6. The minimum absolute atomic E-state index is 0.199. The molecular weight excluding hydrogens is 368 g/mol. The lowest BCUT2D eigenvalue weighted by Crippen LogP contribution is -2.12. The number of aromatic nitrogens is 2. The largest absolute Gasteiger partial charge is 0.381 e. The Morgan fingerprint density at radius 3 is 2.69 bits per heavy atom. The highest BCUT2D eigenvalue weighted by Gasteiger charge is 2.15. The summed E-state index contributed by atoms with van der Waals surface area (Å²) in [6.07, 6.45) is 3.48. The number of thiazole rings is 1. The maximum atomic E-state index is 12.3. The molecule has 8 heteroatoms. The average Bonchev–Trinajstić information content (AvgIpc) is 3.31. The van der Waals surface area contributed by atoms with Crippen molar-refractivity contribution in [3.63, 3.8) is 0 Å². The number of hydrogen-bond acceptors (Lipinski definition) is 5. The molecule has 132 valence electrons. The number of rotatable bonds is 6. The van der Waals surface area contributed by atoms with E-state index in [2.05, 4.69) is 32.1 Å². The molecule has 6 nitrogen and oxygen atoms in total. The van der Waals surface area contributed by atoms with E-state index >= 15 is 0 Å². The third-order valence-electron chi connectivity index (χ3n) is 3.98. The molecular formula is C18H16N4O2S2. The van der Waals surface area contributed by atoms with Gasteiger partial charge in [-0.05, 0) is 41.3 Å². The summed E-state index contributed by atoms with van der Waals surface area (Å²) < 4.78 is 27.1. The van der Waals surface area contributed by atoms with Crippen LogP contribution in [0.1, 0.15) is 5.56 Å². The fourth-order valence-corrected chi connectivity index (χ4v) is 4.48. The first-order valence-electron chi connectivity index (χ1n) is 7.93. The van der Waals surface area contributed by atoms with Gasteiger partial charge in [-0.2, -0.15) is 0 Å². The number of aromatic amines is 1. The van der Waals surface area contributed by atoms with Gasteiger partial charge in [0.05, 0.1) is 10.4 Å². The van der Waals surface area contributed by atoms with E-state index in [1.165, 1.54) is 16.7 Å². The second kappa shape index (κ2) is 6.81. The second-order valence-corrected chi connectivity index (χ2v) is 8.26. The Labute approximate surface area is 155 Å². The summed E-state index contributed by atoms with van der Waals surface area (Å²) in [6.45, 7) is 0.640. The summed E-state index contributed by atoms with van der Waals surface area (Å²) in [4.78, 5) is 7.38. The summed E-state index contributed by atoms with van der Waals surface area (Å²) in [7, 11) is -3.62. The number of anilines is 2. The maximum absolute atomic E-state index is 12.3. The van der Waals surface area contributed by atoms with Gasteiger partial charge in [0, 0.05) is 30.0 Å². The average molecular weight is 384 g/mol. The number of fused-ring (bicyclic) bond motifs is 1. The van der Waals surface area contributed by atoms with E-state index in [-0.39, 0.29) is 4.90 Å². The number of nitrogens with zero attached hydrogens (tertiary/aromatic N) is 1. The number of nitrogens with one attached hydrogen (secondary N) is 3. The van der Waals surface area contributed by atoms with Gasteiger partial charge in [-0.15, -0.1) is 11.3 Å². The summed E-state index contributed by atoms with van der Waals surface area (Å²) >= 11 is 1.24. The molecule has 0 spiro atoms. The van der Waals surface area contributed by atoms with Crippen LogP contribution in [0.4, 0.5) is 10.8 Å². The molecule has 0 amide bonds. The highest BCUT2D eigenvalue weighted by Crippen LogP contribution is 2.21. The van der Waals surface area contributed by atoms with Gasteiger partial charge in [0.1, 0.15) is 0 Å². The number of para-hydroxylation sites is 1. The number of hydrogen-bond donors (Lipinski definition) is 3. The fourth-order valence-electron chi connectivity index (χ4n) is 2.69. The van der Waals surface area contributed by atoms with E-state index in [9.17, 15) is 8.42 Å². The van der Waals surface area contributed by atoms with Crippen LogP contribution in [0.2, 0.25) is 0 Å². The van der Waals surface area contributed by atoms with E-state index < -0.39 is 10.0 Å². The van der Waals surface area contributed by atoms with Crippen LogP contribution < -0.4 is 10.0 Å². The van der Waals surface area contributed by atoms with Gasteiger partial charge < -0.3 is 10.3 Å². The van der Waals surface area contributed by atoms with Crippen LogP contribution in [0.25, 0.3) is 10.9 Å². The van der Waals surface area contributed by atoms with Crippen LogP contribution in [0, 0.1) is 0 Å². The molecule has 0 saturated carbocycles. The third-order valence-corrected chi connectivity index (χ3v) is 6.15. The molecule has 0 aliphatic rings. The molecule has 0 aliphatic heterocycles. The Morgan fingerprint density at radius 1 is 1.08 bits per heavy atom. The zero-order valence-electron chi connectivity index (χ0n) is 13.6. The van der Waals surface area contributed by atoms with Crippen LogP contribution in [-0.2, 0) is 16.6 Å². The van der Waals surface area contributed by atoms with Crippen molar-refractivity contribution >= 4 is 43.1 Å². The number of benzene rings is 2. The van der Waals surface area contributed by atoms with Crippen molar-refractivity contribution in [2.45, 2.75) is 11.4 Å². The highest BCUT2D eigenvalue weighted by atomic mass is 32.2. The van der Waals surface area contributed by atoms with Gasteiger partial charge in [-0.3, -0.25) is 4.72 Å². The Balaban J connectivity index is 1.47. The lowest BCUT2D eigenvalue weighted by atomic mass is 10.1. The Bertz CT molecular complexity index is 1120. The van der Waals surface area contributed by atoms with Crippen LogP contribution in [-0.4, -0.2) is 18.4 Å². The van der Waals surface area contributed by atoms with Gasteiger partial charge in [0.2, 0.25) is 0 Å². The first kappa shape index (κ1) is 16.6. The van der Waals surface area contributed by atoms with Crippen molar-refractivity contribution in [1.29, 1.82) is 0 Å². The van der Waals surface area contributed by atoms with Crippen molar-refractivity contribution in [3.8, 4) is 0 Å². The summed E-state index contributed by atoms with van der Waals surface area (Å²) in [5.41, 5.74) is 3.10. The lowest BCUT2D eigenvalue weighted by Gasteiger charge is -2.09. The Morgan fingerprint density at radius 2 is 1.92 bits per heavy atom. The molecule has 0 bridgehead atoms. The molecule has 2 heterocycles. The zero-order valence-corrected chi connectivity index (χ0v) is 15.3. The Hall–Kier alpha value is -2.84. The summed E-state index contributed by atoms with van der Waals surface area (Å²) in [5.74, 6) is 0. The van der Waals surface area contributed by atoms with E-state index in [1.54, 1.807) is 35.8 Å². The predicted molar refractivity (Wildman–Crippen MR) is 105 cm³/mol. The molecule has 0 saturated heterocycles. The molecule has 0 atom stereocenters. The smallest absolute Gasteiger partial charge is 0.263 e. The molecule has 0 unspecified atom stereocenters. The zero-order chi connectivity index (χ0) is 18.0. The topological polar surface area (TPSA) is 86.9 Å². The fraction of sp³-hybridized carbons (Fsp3) is 0.0556. The molecule has 0 aliphatic carbocycles. The Kier molecular flexibility index (Phi) is 4.36. The van der Waals surface area contributed by atoms with Crippen LogP contribution >= 0.6 is 11.3 Å². The van der Waals surface area contributed by atoms with E-state index in [0.717, 1.165) is 16.8 Å². The minimum Gasteiger partial charge on any atom is -0.381 e. The van der Waals surface area contributed by atoms with Crippen molar-refractivity contribution in [3.05, 3.63) is 71.9 Å². The molecule has 3 N–H and O–H groups in total. The number of sulfonamides is 1. The second-order valence-electron chi connectivity index (χ2n) is 5.68. The van der Waals surface area contributed by atoms with E-state index in [0.29, 0.717) is 11.7 Å². The van der Waals surface area contributed by atoms with Crippen LogP contribution in [0.15, 0.2) is 71.2 Å². The summed E-state index contributed by atoms with van der Waals surface area (Å²) in [5, 5.41) is 6.56. The molecule has 0 fully saturated rings. The van der Waals surface area contributed by atoms with Gasteiger partial charge in [-0.1, -0.05) is 18.2 Å². The standard InChI is InChI=1S/C18H16N4O2S2/c23-26(24,22-18-20-10-11-25-18)16-6-4-15(5-7-16)21-12-14-3-1-2-13-8-9-19-17(13)14/h1-11,19,21H,12H2,(H,20,22). The van der Waals surface area contributed by atoms with Crippen molar-refractivity contribution in [2.75, 3.05) is 10.0 Å². The minimum atomic E-state index is -3.62. The molecule has 4 rings (SSSR count). The monoisotopic (exact) mass is 384 g/mol. The third kappa shape index (κ3) is 3.42. The quantitative estimate of drug-likeness (QED) is 0.468. The van der Waals surface area contributed by atoms with E-state index in [4.69, 9.17) is 0 Å². The number of H-pyrrole nitrogens is 1. The van der Waals surface area contributed by atoms with Gasteiger partial charge in [-0.25, -0.2) is 13.4 Å². The van der Waals surface area contributed by atoms with Crippen LogP contribution in [0.5, 0.6) is 0 Å². The molecule has 2 aromatic heterocycles. The molecule has 26 heavy (non-hydrogen) atoms. The normalized spacial score (nSPS) is 11.5. The van der Waals surface area contributed by atoms with Crippen molar-refractivity contribution in [1.82, 2.24) is 9.97 Å². The van der Waals surface area contributed by atoms with Gasteiger partial charge in [0.25, 0.3) is 10.0 Å². The summed E-state index contributed by atoms with van der Waals surface area (Å²) in [6, 6.07) is 14.8. The highest BCUT2D eigenvalue weighted by molar-refractivity contribution is 7.93. The van der Waals surface area contributed by atoms with Crippen molar-refractivity contribution in [2.24, 2.45) is 0 Å². The van der Waals surface area contributed by atoms with Crippen molar-refractivity contribution < 1.29 is 8.42 Å². The SMILES string of the molecule is O=S(=O)(Nc1nccs1)c1ccc(NCc2cccc3cc[nH]c23)cc1.